The average Bonchev–Trinajstić information content (AvgIpc) is 3.45. The standard InChI is InChI=1S/C19H18F2N2O3/c20-18(21)26-15-5-4-14(7-16(15)25-10-12-1-2-12)19(11-23)8-13(9-22)3-6-17(19)24/h4-5,7,12-13,18H,1-3,6,8,10H2. The first kappa shape index (κ1) is 18.1. The monoisotopic (exact) mass is 360 g/mol. The van der Waals surface area contributed by atoms with Gasteiger partial charge in [0.05, 0.1) is 18.7 Å². The Kier molecular flexibility index (Phi) is 5.08. The number of nitriles is 2. The fraction of sp³-hybridized carbons (Fsp3) is 0.526. The van der Waals surface area contributed by atoms with Crippen LogP contribution in [0.3, 0.4) is 0 Å². The number of carbonyl (C=O) groups is 1. The molecule has 0 bridgehead atoms. The van der Waals surface area contributed by atoms with Crippen LogP contribution in [0.15, 0.2) is 18.2 Å². The molecule has 0 N–H and O–H groups in total. The summed E-state index contributed by atoms with van der Waals surface area (Å²) < 4.78 is 35.4. The van der Waals surface area contributed by atoms with E-state index in [-0.39, 0.29) is 30.1 Å². The Morgan fingerprint density at radius 3 is 2.62 bits per heavy atom. The molecule has 0 heterocycles. The molecular formula is C19H18F2N2O3. The van der Waals surface area contributed by atoms with E-state index in [2.05, 4.69) is 16.9 Å². The van der Waals surface area contributed by atoms with Crippen LogP contribution in [0.2, 0.25) is 0 Å². The molecule has 2 saturated carbocycles. The van der Waals surface area contributed by atoms with Crippen molar-refractivity contribution in [2.45, 2.75) is 44.1 Å². The van der Waals surface area contributed by atoms with Gasteiger partial charge in [-0.3, -0.25) is 4.79 Å². The largest absolute Gasteiger partial charge is 0.489 e. The molecule has 2 aliphatic rings. The Labute approximate surface area is 150 Å². The highest BCUT2D eigenvalue weighted by atomic mass is 19.3. The summed E-state index contributed by atoms with van der Waals surface area (Å²) in [5, 5.41) is 18.9. The summed E-state index contributed by atoms with van der Waals surface area (Å²) in [7, 11) is 0. The Hall–Kier alpha value is -2.67. The van der Waals surface area contributed by atoms with Crippen molar-refractivity contribution >= 4 is 5.78 Å². The van der Waals surface area contributed by atoms with Gasteiger partial charge < -0.3 is 9.47 Å². The van der Waals surface area contributed by atoms with Crippen LogP contribution >= 0.6 is 0 Å². The highest BCUT2D eigenvalue weighted by Crippen LogP contribution is 2.42. The number of rotatable bonds is 6. The molecule has 5 nitrogen and oxygen atoms in total. The Bertz CT molecular complexity index is 780. The molecule has 0 aromatic heterocycles. The van der Waals surface area contributed by atoms with Crippen LogP contribution in [-0.2, 0) is 10.2 Å². The zero-order valence-electron chi connectivity index (χ0n) is 14.1. The van der Waals surface area contributed by atoms with E-state index in [9.17, 15) is 24.1 Å². The molecular weight excluding hydrogens is 342 g/mol. The Balaban J connectivity index is 1.96. The van der Waals surface area contributed by atoms with Crippen LogP contribution in [0, 0.1) is 34.5 Å². The van der Waals surface area contributed by atoms with Crippen molar-refractivity contribution in [3.05, 3.63) is 23.8 Å². The maximum atomic E-state index is 12.6. The fourth-order valence-corrected chi connectivity index (χ4v) is 3.24. The summed E-state index contributed by atoms with van der Waals surface area (Å²) >= 11 is 0. The van der Waals surface area contributed by atoms with Gasteiger partial charge in [-0.2, -0.15) is 19.3 Å². The average molecular weight is 360 g/mol. The van der Waals surface area contributed by atoms with Gasteiger partial charge in [0.15, 0.2) is 17.3 Å². The number of nitrogens with zero attached hydrogens (tertiary/aromatic N) is 2. The lowest BCUT2D eigenvalue weighted by atomic mass is 9.66. The number of hydrogen-bond donors (Lipinski definition) is 0. The fourth-order valence-electron chi connectivity index (χ4n) is 3.24. The molecule has 0 amide bonds. The molecule has 2 atom stereocenters. The van der Waals surface area contributed by atoms with Crippen molar-refractivity contribution in [1.29, 1.82) is 10.5 Å². The van der Waals surface area contributed by atoms with E-state index in [1.807, 2.05) is 0 Å². The van der Waals surface area contributed by atoms with Gasteiger partial charge in [0, 0.05) is 12.3 Å². The third-order valence-electron chi connectivity index (χ3n) is 4.95. The minimum Gasteiger partial charge on any atom is -0.489 e. The summed E-state index contributed by atoms with van der Waals surface area (Å²) in [6.45, 7) is -2.63. The van der Waals surface area contributed by atoms with Crippen LogP contribution in [-0.4, -0.2) is 19.0 Å². The molecule has 2 fully saturated rings. The van der Waals surface area contributed by atoms with Crippen LogP contribution in [0.4, 0.5) is 8.78 Å². The van der Waals surface area contributed by atoms with Gasteiger partial charge in [-0.1, -0.05) is 6.07 Å². The molecule has 0 radical (unpaired) electrons. The summed E-state index contributed by atoms with van der Waals surface area (Å²) in [6.07, 6.45) is 2.70. The molecule has 26 heavy (non-hydrogen) atoms. The van der Waals surface area contributed by atoms with Crippen LogP contribution in [0.5, 0.6) is 11.5 Å². The maximum absolute atomic E-state index is 12.6. The highest BCUT2D eigenvalue weighted by Gasteiger charge is 2.46. The van der Waals surface area contributed by atoms with Gasteiger partial charge in [0.25, 0.3) is 0 Å². The predicted molar refractivity (Wildman–Crippen MR) is 86.5 cm³/mol. The van der Waals surface area contributed by atoms with Gasteiger partial charge >= 0.3 is 6.61 Å². The first-order valence-electron chi connectivity index (χ1n) is 8.55. The van der Waals surface area contributed by atoms with Gasteiger partial charge in [-0.25, -0.2) is 0 Å². The molecule has 136 valence electrons. The molecule has 1 aromatic carbocycles. The predicted octanol–water partition coefficient (Wildman–Crippen LogP) is 3.73. The summed E-state index contributed by atoms with van der Waals surface area (Å²) in [5.74, 6) is -0.307. The van der Waals surface area contributed by atoms with E-state index in [4.69, 9.17) is 4.74 Å². The highest BCUT2D eigenvalue weighted by molar-refractivity contribution is 5.94. The second-order valence-electron chi connectivity index (χ2n) is 6.80. The molecule has 0 saturated heterocycles. The van der Waals surface area contributed by atoms with E-state index in [0.29, 0.717) is 24.5 Å². The third kappa shape index (κ3) is 3.62. The van der Waals surface area contributed by atoms with Crippen molar-refractivity contribution in [1.82, 2.24) is 0 Å². The molecule has 0 aliphatic heterocycles. The van der Waals surface area contributed by atoms with Crippen LogP contribution in [0.25, 0.3) is 0 Å². The first-order valence-corrected chi connectivity index (χ1v) is 8.55. The van der Waals surface area contributed by atoms with Crippen molar-refractivity contribution in [2.75, 3.05) is 6.61 Å². The minimum atomic E-state index is -3.01. The van der Waals surface area contributed by atoms with Crippen LogP contribution < -0.4 is 9.47 Å². The Morgan fingerprint density at radius 2 is 2.00 bits per heavy atom. The van der Waals surface area contributed by atoms with Gasteiger partial charge in [0.2, 0.25) is 0 Å². The normalized spacial score (nSPS) is 25.4. The lowest BCUT2D eigenvalue weighted by Gasteiger charge is -2.32. The SMILES string of the molecule is N#CC1CCC(=O)C(C#N)(c2ccc(OC(F)F)c(OCC3CC3)c2)C1. The van der Waals surface area contributed by atoms with E-state index in [1.54, 1.807) is 0 Å². The zero-order valence-corrected chi connectivity index (χ0v) is 14.1. The van der Waals surface area contributed by atoms with E-state index >= 15 is 0 Å². The molecule has 2 unspecified atom stereocenters. The number of alkyl halides is 2. The lowest BCUT2D eigenvalue weighted by Crippen LogP contribution is -2.40. The lowest BCUT2D eigenvalue weighted by molar-refractivity contribution is -0.125. The first-order chi connectivity index (χ1) is 12.5. The van der Waals surface area contributed by atoms with Gasteiger partial charge in [-0.15, -0.1) is 0 Å². The molecule has 1 aromatic rings. The molecule has 7 heteroatoms. The number of benzene rings is 1. The summed E-state index contributed by atoms with van der Waals surface area (Å²) in [4.78, 5) is 12.5. The van der Waals surface area contributed by atoms with E-state index < -0.39 is 17.9 Å². The molecule has 2 aliphatic carbocycles. The molecule has 0 spiro atoms. The number of ether oxygens (including phenoxy) is 2. The second-order valence-corrected chi connectivity index (χ2v) is 6.80. The number of halogens is 2. The number of Topliss-reactive ketones (excluding diaryl/α,β-unsaturated/α-hetero) is 1. The van der Waals surface area contributed by atoms with Crippen molar-refractivity contribution in [3.63, 3.8) is 0 Å². The second kappa shape index (κ2) is 7.29. The summed E-state index contributed by atoms with van der Waals surface area (Å²) in [6, 6.07) is 8.35. The number of ketones is 1. The topological polar surface area (TPSA) is 83.1 Å². The smallest absolute Gasteiger partial charge is 0.387 e. The number of carbonyl (C=O) groups excluding carboxylic acids is 1. The Morgan fingerprint density at radius 1 is 1.23 bits per heavy atom. The third-order valence-corrected chi connectivity index (χ3v) is 4.95. The van der Waals surface area contributed by atoms with Crippen molar-refractivity contribution < 1.29 is 23.0 Å². The summed E-state index contributed by atoms with van der Waals surface area (Å²) in [5.41, 5.74) is -1.10. The van der Waals surface area contributed by atoms with Gasteiger partial charge in [0.1, 0.15) is 5.41 Å². The van der Waals surface area contributed by atoms with Crippen LogP contribution in [0.1, 0.15) is 37.7 Å². The molecule has 3 rings (SSSR count). The van der Waals surface area contributed by atoms with Crippen molar-refractivity contribution in [2.24, 2.45) is 11.8 Å². The quantitative estimate of drug-likeness (QED) is 0.772. The van der Waals surface area contributed by atoms with Gasteiger partial charge in [-0.05, 0) is 49.3 Å². The van der Waals surface area contributed by atoms with Crippen molar-refractivity contribution in [3.8, 4) is 23.6 Å². The van der Waals surface area contributed by atoms with E-state index in [1.165, 1.54) is 18.2 Å². The number of hydrogen-bond acceptors (Lipinski definition) is 5. The maximum Gasteiger partial charge on any atom is 0.387 e. The zero-order chi connectivity index (χ0) is 18.7. The minimum absolute atomic E-state index is 0.0932. The van der Waals surface area contributed by atoms with E-state index in [0.717, 1.165) is 12.8 Å².